The fourth-order valence-electron chi connectivity index (χ4n) is 2.86. The second-order valence-corrected chi connectivity index (χ2v) is 7.44. The Kier molecular flexibility index (Phi) is 7.20. The van der Waals surface area contributed by atoms with E-state index in [1.54, 1.807) is 6.20 Å². The zero-order valence-electron chi connectivity index (χ0n) is 17.2. The van der Waals surface area contributed by atoms with Gasteiger partial charge in [-0.15, -0.1) is 0 Å². The largest absolute Gasteiger partial charge is 0.490 e. The monoisotopic (exact) mass is 422 g/mol. The number of nitrogens with one attached hydrogen (secondary N) is 1. The van der Waals surface area contributed by atoms with Gasteiger partial charge in [0.1, 0.15) is 5.82 Å². The summed E-state index contributed by atoms with van der Waals surface area (Å²) in [7, 11) is 2.04. The zero-order valence-corrected chi connectivity index (χ0v) is 17.2. The Morgan fingerprint density at radius 1 is 1.20 bits per heavy atom. The van der Waals surface area contributed by atoms with Crippen molar-refractivity contribution >= 4 is 17.0 Å². The lowest BCUT2D eigenvalue weighted by Gasteiger charge is -2.33. The molecule has 0 aliphatic rings. The molecule has 3 aromatic rings. The molecule has 2 aromatic heterocycles. The van der Waals surface area contributed by atoms with Crippen LogP contribution < -0.4 is 5.32 Å². The Balaban J connectivity index is 0.000000396. The molecule has 0 fully saturated rings. The van der Waals surface area contributed by atoms with Crippen LogP contribution in [0.5, 0.6) is 0 Å². The van der Waals surface area contributed by atoms with Crippen molar-refractivity contribution in [3.63, 3.8) is 0 Å². The summed E-state index contributed by atoms with van der Waals surface area (Å²) in [5, 5.41) is 10.8. The quantitative estimate of drug-likeness (QED) is 0.648. The average Bonchev–Trinajstić information content (AvgIpc) is 3.02. The van der Waals surface area contributed by atoms with Crippen LogP contribution in [0.4, 0.5) is 13.2 Å². The minimum atomic E-state index is -5.08. The molecule has 3 rings (SSSR count). The Labute approximate surface area is 172 Å². The van der Waals surface area contributed by atoms with E-state index < -0.39 is 12.1 Å². The number of rotatable bonds is 5. The van der Waals surface area contributed by atoms with Gasteiger partial charge < -0.3 is 15.0 Å². The van der Waals surface area contributed by atoms with Crippen molar-refractivity contribution in [1.29, 1.82) is 0 Å². The summed E-state index contributed by atoms with van der Waals surface area (Å²) in [5.41, 5.74) is 3.45. The van der Waals surface area contributed by atoms with Crippen molar-refractivity contribution in [3.8, 4) is 0 Å². The molecule has 0 saturated carbocycles. The van der Waals surface area contributed by atoms with Crippen LogP contribution in [0.25, 0.3) is 11.0 Å². The zero-order chi connectivity index (χ0) is 22.5. The number of carbonyl (C=O) groups is 1. The molecule has 0 bridgehead atoms. The van der Waals surface area contributed by atoms with Gasteiger partial charge in [-0.1, -0.05) is 44.2 Å². The molecule has 6 nitrogen and oxygen atoms in total. The normalized spacial score (nSPS) is 12.9. The molecule has 0 spiro atoms. The van der Waals surface area contributed by atoms with Crippen LogP contribution in [0.3, 0.4) is 0 Å². The summed E-state index contributed by atoms with van der Waals surface area (Å²) in [4.78, 5) is 17.8. The van der Waals surface area contributed by atoms with E-state index in [4.69, 9.17) is 14.9 Å². The predicted molar refractivity (Wildman–Crippen MR) is 108 cm³/mol. The van der Waals surface area contributed by atoms with Gasteiger partial charge in [0.25, 0.3) is 0 Å². The first-order chi connectivity index (χ1) is 13.9. The Morgan fingerprint density at radius 3 is 2.33 bits per heavy atom. The van der Waals surface area contributed by atoms with Crippen LogP contribution in [0.1, 0.15) is 32.2 Å². The lowest BCUT2D eigenvalue weighted by Crippen LogP contribution is -2.42. The molecule has 0 aliphatic heterocycles. The topological polar surface area (TPSA) is 80.0 Å². The van der Waals surface area contributed by atoms with Gasteiger partial charge in [0.15, 0.2) is 0 Å². The summed E-state index contributed by atoms with van der Waals surface area (Å²) in [5.74, 6) is -1.73. The molecule has 0 saturated heterocycles. The maximum atomic E-state index is 10.6. The van der Waals surface area contributed by atoms with E-state index in [0.29, 0.717) is 6.04 Å². The lowest BCUT2D eigenvalue weighted by molar-refractivity contribution is -0.192. The summed E-state index contributed by atoms with van der Waals surface area (Å²) < 4.78 is 33.8. The molecule has 162 valence electrons. The number of hydrogen-bond acceptors (Lipinski definition) is 4. The Hall–Kier alpha value is -2.94. The number of imidazole rings is 1. The first-order valence-electron chi connectivity index (χ1n) is 9.29. The number of pyridine rings is 1. The maximum absolute atomic E-state index is 10.6. The van der Waals surface area contributed by atoms with Gasteiger partial charge in [-0.3, -0.25) is 4.98 Å². The third-order valence-electron chi connectivity index (χ3n) is 5.18. The van der Waals surface area contributed by atoms with Gasteiger partial charge in [-0.05, 0) is 18.6 Å². The number of hydrogen-bond donors (Lipinski definition) is 2. The Morgan fingerprint density at radius 2 is 1.80 bits per heavy atom. The van der Waals surface area contributed by atoms with Gasteiger partial charge in [-0.2, -0.15) is 13.2 Å². The second kappa shape index (κ2) is 9.25. The van der Waals surface area contributed by atoms with Gasteiger partial charge in [0.2, 0.25) is 0 Å². The van der Waals surface area contributed by atoms with Crippen LogP contribution in [0.2, 0.25) is 0 Å². The highest BCUT2D eigenvalue weighted by Gasteiger charge is 2.38. The van der Waals surface area contributed by atoms with E-state index in [2.05, 4.69) is 66.0 Å². The molecule has 1 atom stereocenters. The molecular weight excluding hydrogens is 397 g/mol. The van der Waals surface area contributed by atoms with Gasteiger partial charge in [-0.25, -0.2) is 9.78 Å². The number of fused-ring (bicyclic) bond motifs is 1. The highest BCUT2D eigenvalue weighted by atomic mass is 19.4. The fraction of sp³-hybridized carbons (Fsp3) is 0.381. The smallest absolute Gasteiger partial charge is 0.475 e. The SMILES string of the molecule is CC(NCc1nc2ccncc2n1C)C(C)(C)c1ccccc1.O=C(O)C(F)(F)F. The molecule has 2 heterocycles. The molecule has 0 radical (unpaired) electrons. The van der Waals surface area contributed by atoms with Crippen LogP contribution in [0, 0.1) is 0 Å². The van der Waals surface area contributed by atoms with Crippen molar-refractivity contribution < 1.29 is 23.1 Å². The number of carboxylic acid groups (broad SMARTS) is 1. The molecule has 2 N–H and O–H groups in total. The van der Waals surface area contributed by atoms with Crippen molar-refractivity contribution in [3.05, 3.63) is 60.2 Å². The fourth-order valence-corrected chi connectivity index (χ4v) is 2.86. The summed E-state index contributed by atoms with van der Waals surface area (Å²) in [6.45, 7) is 7.53. The molecule has 30 heavy (non-hydrogen) atoms. The van der Waals surface area contributed by atoms with Crippen LogP contribution in [0.15, 0.2) is 48.8 Å². The first kappa shape index (κ1) is 23.3. The highest BCUT2D eigenvalue weighted by molar-refractivity contribution is 5.74. The summed E-state index contributed by atoms with van der Waals surface area (Å²) in [6.07, 6.45) is -1.43. The van der Waals surface area contributed by atoms with Crippen LogP contribution >= 0.6 is 0 Å². The van der Waals surface area contributed by atoms with Gasteiger partial charge in [0, 0.05) is 24.7 Å². The number of alkyl halides is 3. The van der Waals surface area contributed by atoms with Crippen LogP contribution in [-0.2, 0) is 23.8 Å². The third-order valence-corrected chi connectivity index (χ3v) is 5.18. The second-order valence-electron chi connectivity index (χ2n) is 7.44. The van der Waals surface area contributed by atoms with E-state index in [1.165, 1.54) is 5.56 Å². The van der Waals surface area contributed by atoms with Crippen molar-refractivity contribution in [2.75, 3.05) is 0 Å². The minimum absolute atomic E-state index is 0.0490. The maximum Gasteiger partial charge on any atom is 0.490 e. The van der Waals surface area contributed by atoms with E-state index in [-0.39, 0.29) is 5.41 Å². The number of aromatic nitrogens is 3. The van der Waals surface area contributed by atoms with E-state index in [1.807, 2.05) is 19.3 Å². The molecule has 9 heteroatoms. The lowest BCUT2D eigenvalue weighted by atomic mass is 9.78. The van der Waals surface area contributed by atoms with E-state index in [9.17, 15) is 13.2 Å². The summed E-state index contributed by atoms with van der Waals surface area (Å²) in [6, 6.07) is 12.9. The van der Waals surface area contributed by atoms with Crippen molar-refractivity contribution in [1.82, 2.24) is 19.9 Å². The van der Waals surface area contributed by atoms with E-state index in [0.717, 1.165) is 23.4 Å². The standard InChI is InChI=1S/C19H24N4.C2HF3O2/c1-14(19(2,3)15-8-6-5-7-9-15)21-13-18-22-16-10-11-20-12-17(16)23(18)4;3-2(4,5)1(6)7/h5-12,14,21H,13H2,1-4H3;(H,6,7). The average molecular weight is 422 g/mol. The van der Waals surface area contributed by atoms with Crippen molar-refractivity contribution in [2.24, 2.45) is 7.05 Å². The number of aliphatic carboxylic acids is 1. The molecule has 1 aromatic carbocycles. The predicted octanol–water partition coefficient (Wildman–Crippen LogP) is 4.06. The van der Waals surface area contributed by atoms with Crippen molar-refractivity contribution in [2.45, 2.75) is 44.9 Å². The van der Waals surface area contributed by atoms with Gasteiger partial charge in [0.05, 0.1) is 23.8 Å². The number of halogens is 3. The summed E-state index contributed by atoms with van der Waals surface area (Å²) >= 11 is 0. The van der Waals surface area contributed by atoms with E-state index >= 15 is 0 Å². The number of nitrogens with zero attached hydrogens (tertiary/aromatic N) is 3. The molecule has 0 amide bonds. The highest BCUT2D eigenvalue weighted by Crippen LogP contribution is 2.27. The van der Waals surface area contributed by atoms with Gasteiger partial charge >= 0.3 is 12.1 Å². The molecule has 1 unspecified atom stereocenters. The minimum Gasteiger partial charge on any atom is -0.475 e. The molecular formula is C21H25F3N4O2. The number of carboxylic acids is 1. The Bertz CT molecular complexity index is 985. The molecule has 0 aliphatic carbocycles. The first-order valence-corrected chi connectivity index (χ1v) is 9.29. The third kappa shape index (κ3) is 5.56. The number of benzene rings is 1. The number of aryl methyl sites for hydroxylation is 1. The van der Waals surface area contributed by atoms with Crippen LogP contribution in [-0.4, -0.2) is 37.8 Å².